The van der Waals surface area contributed by atoms with Gasteiger partial charge in [-0.25, -0.2) is 4.90 Å². The number of carbonyl (C=O) groups is 4. The maximum Gasteiger partial charge on any atom is 0.308 e. The van der Waals surface area contributed by atoms with E-state index in [1.165, 1.54) is 60.6 Å². The molecule has 0 N–H and O–H groups in total. The third-order valence-electron chi connectivity index (χ3n) is 6.26. The van der Waals surface area contributed by atoms with Gasteiger partial charge in [0.15, 0.2) is 5.78 Å². The van der Waals surface area contributed by atoms with Crippen LogP contribution in [0, 0.1) is 22.0 Å². The first kappa shape index (κ1) is 22.1. The summed E-state index contributed by atoms with van der Waals surface area (Å²) in [5, 5.41) is 17.0. The quantitative estimate of drug-likeness (QED) is 0.160. The van der Waals surface area contributed by atoms with Crippen molar-refractivity contribution in [1.82, 2.24) is 5.01 Å². The SMILES string of the molecule is CC(=O)Oc1ccc(C(=O)[C@H]2[C@@H]3C(=O)N(c4cccc([N+](=O)[O-])c4)C(=O)[C@@H]3[C@H]3C=CC=NN32)cc1. The first-order valence-corrected chi connectivity index (χ1v) is 10.7. The lowest BCUT2D eigenvalue weighted by Gasteiger charge is -2.30. The Bertz CT molecular complexity index is 1330. The highest BCUT2D eigenvalue weighted by Gasteiger charge is 2.64. The van der Waals surface area contributed by atoms with Gasteiger partial charge in [-0.1, -0.05) is 12.1 Å². The molecule has 2 aromatic rings. The van der Waals surface area contributed by atoms with E-state index in [2.05, 4.69) is 5.10 Å². The average Bonchev–Trinajstić information content (AvgIpc) is 3.31. The molecular formula is C24H18N4O7. The molecule has 176 valence electrons. The van der Waals surface area contributed by atoms with Gasteiger partial charge in [0.2, 0.25) is 11.8 Å². The van der Waals surface area contributed by atoms with Gasteiger partial charge in [-0.3, -0.25) is 34.3 Å². The summed E-state index contributed by atoms with van der Waals surface area (Å²) in [5.41, 5.74) is 0.0731. The largest absolute Gasteiger partial charge is 0.427 e. The van der Waals surface area contributed by atoms with Crippen LogP contribution in [0.2, 0.25) is 0 Å². The maximum atomic E-state index is 13.6. The first-order chi connectivity index (χ1) is 16.8. The number of hydrogen-bond acceptors (Lipinski definition) is 9. The number of nitro benzene ring substituents is 1. The van der Waals surface area contributed by atoms with Gasteiger partial charge in [0.05, 0.1) is 28.5 Å². The second-order valence-electron chi connectivity index (χ2n) is 8.29. The zero-order valence-electron chi connectivity index (χ0n) is 18.3. The van der Waals surface area contributed by atoms with E-state index in [-0.39, 0.29) is 22.7 Å². The number of carbonyl (C=O) groups excluding carboxylic acids is 4. The Balaban J connectivity index is 1.52. The predicted octanol–water partition coefficient (Wildman–Crippen LogP) is 2.12. The summed E-state index contributed by atoms with van der Waals surface area (Å²) in [5.74, 6) is -3.75. The number of non-ortho nitro benzene ring substituents is 1. The van der Waals surface area contributed by atoms with Crippen molar-refractivity contribution in [3.05, 3.63) is 76.4 Å². The van der Waals surface area contributed by atoms with Crippen molar-refractivity contribution in [2.24, 2.45) is 16.9 Å². The zero-order valence-corrected chi connectivity index (χ0v) is 18.3. The molecule has 11 heteroatoms. The molecule has 0 radical (unpaired) electrons. The van der Waals surface area contributed by atoms with Gasteiger partial charge < -0.3 is 4.74 Å². The number of benzene rings is 2. The molecule has 0 bridgehead atoms. The maximum absolute atomic E-state index is 13.6. The van der Waals surface area contributed by atoms with Crippen LogP contribution in [-0.4, -0.2) is 51.8 Å². The number of amides is 2. The van der Waals surface area contributed by atoms with Gasteiger partial charge in [0.25, 0.3) is 5.69 Å². The van der Waals surface area contributed by atoms with Gasteiger partial charge in [0, 0.05) is 30.8 Å². The van der Waals surface area contributed by atoms with E-state index in [1.807, 2.05) is 0 Å². The van der Waals surface area contributed by atoms with E-state index in [9.17, 15) is 29.3 Å². The summed E-state index contributed by atoms with van der Waals surface area (Å²) in [7, 11) is 0. The lowest BCUT2D eigenvalue weighted by atomic mass is 9.86. The van der Waals surface area contributed by atoms with Crippen molar-refractivity contribution in [3.63, 3.8) is 0 Å². The summed E-state index contributed by atoms with van der Waals surface area (Å²) in [4.78, 5) is 63.3. The fraction of sp³-hybridized carbons (Fsp3) is 0.208. The van der Waals surface area contributed by atoms with Gasteiger partial charge in [-0.2, -0.15) is 5.10 Å². The van der Waals surface area contributed by atoms with Crippen LogP contribution in [0.4, 0.5) is 11.4 Å². The molecule has 2 fully saturated rings. The van der Waals surface area contributed by atoms with E-state index in [1.54, 1.807) is 12.2 Å². The van der Waals surface area contributed by atoms with Crippen LogP contribution in [-0.2, 0) is 14.4 Å². The monoisotopic (exact) mass is 474 g/mol. The van der Waals surface area contributed by atoms with E-state index in [0.29, 0.717) is 0 Å². The fourth-order valence-corrected chi connectivity index (χ4v) is 4.86. The van der Waals surface area contributed by atoms with Crippen LogP contribution in [0.5, 0.6) is 5.75 Å². The third-order valence-corrected chi connectivity index (χ3v) is 6.26. The number of nitrogens with zero attached hydrogens (tertiary/aromatic N) is 4. The molecule has 0 unspecified atom stereocenters. The Morgan fingerprint density at radius 2 is 1.77 bits per heavy atom. The fourth-order valence-electron chi connectivity index (χ4n) is 4.86. The second-order valence-corrected chi connectivity index (χ2v) is 8.29. The van der Waals surface area contributed by atoms with Crippen molar-refractivity contribution < 1.29 is 28.8 Å². The molecule has 0 aliphatic carbocycles. The molecule has 3 aliphatic rings. The Labute approximate surface area is 198 Å². The molecule has 4 atom stereocenters. The average molecular weight is 474 g/mol. The van der Waals surface area contributed by atoms with E-state index in [0.717, 1.165) is 11.0 Å². The van der Waals surface area contributed by atoms with Crippen LogP contribution in [0.3, 0.4) is 0 Å². The van der Waals surface area contributed by atoms with Crippen molar-refractivity contribution in [2.45, 2.75) is 19.0 Å². The third kappa shape index (κ3) is 3.57. The molecule has 35 heavy (non-hydrogen) atoms. The summed E-state index contributed by atoms with van der Waals surface area (Å²) in [6.45, 7) is 1.26. The minimum Gasteiger partial charge on any atom is -0.427 e. The number of anilines is 1. The zero-order chi connectivity index (χ0) is 24.9. The van der Waals surface area contributed by atoms with Crippen LogP contribution in [0.25, 0.3) is 0 Å². The normalized spacial score (nSPS) is 24.4. The minimum absolute atomic E-state index is 0.0790. The number of nitro groups is 1. The summed E-state index contributed by atoms with van der Waals surface area (Å²) < 4.78 is 5.00. The highest BCUT2D eigenvalue weighted by Crippen LogP contribution is 2.46. The molecule has 3 heterocycles. The summed E-state index contributed by atoms with van der Waals surface area (Å²) in [6.07, 6.45) is 4.84. The van der Waals surface area contributed by atoms with E-state index >= 15 is 0 Å². The topological polar surface area (TPSA) is 139 Å². The number of hydrazone groups is 1. The smallest absolute Gasteiger partial charge is 0.308 e. The molecule has 2 amide bonds. The van der Waals surface area contributed by atoms with E-state index < -0.39 is 52.4 Å². The molecule has 5 rings (SSSR count). The summed E-state index contributed by atoms with van der Waals surface area (Å²) >= 11 is 0. The van der Waals surface area contributed by atoms with Crippen molar-refractivity contribution in [1.29, 1.82) is 0 Å². The van der Waals surface area contributed by atoms with Gasteiger partial charge in [-0.05, 0) is 36.4 Å². The molecule has 2 aromatic carbocycles. The molecule has 3 aliphatic heterocycles. The highest BCUT2D eigenvalue weighted by molar-refractivity contribution is 6.24. The number of imide groups is 1. The molecule has 11 nitrogen and oxygen atoms in total. The molecule has 0 saturated carbocycles. The number of ketones is 1. The lowest BCUT2D eigenvalue weighted by molar-refractivity contribution is -0.384. The number of allylic oxidation sites excluding steroid dienone is 1. The molecular weight excluding hydrogens is 456 g/mol. The van der Waals surface area contributed by atoms with Crippen LogP contribution in [0.1, 0.15) is 17.3 Å². The Morgan fingerprint density at radius 1 is 1.06 bits per heavy atom. The number of hydrogen-bond donors (Lipinski definition) is 0. The highest BCUT2D eigenvalue weighted by atomic mass is 16.6. The van der Waals surface area contributed by atoms with Crippen molar-refractivity contribution >= 4 is 41.2 Å². The number of rotatable bonds is 5. The number of Topliss-reactive ketones (excluding diaryl/α,β-unsaturated/α-hetero) is 1. The standard InChI is InChI=1S/C24H18N4O7/c1-13(29)35-17-9-7-14(8-10-17)22(30)21-20-19(18-6-3-11-25-27(18)21)23(31)26(24(20)32)15-4-2-5-16(12-15)28(33)34/h2-12,18-21H,1H3/t18-,19-,20-,21-/m1/s1. The number of esters is 1. The predicted molar refractivity (Wildman–Crippen MR) is 122 cm³/mol. The van der Waals surface area contributed by atoms with Crippen LogP contribution < -0.4 is 9.64 Å². The van der Waals surface area contributed by atoms with Gasteiger partial charge in [0.1, 0.15) is 11.8 Å². The van der Waals surface area contributed by atoms with Crippen LogP contribution in [0.15, 0.2) is 65.8 Å². The van der Waals surface area contributed by atoms with Crippen molar-refractivity contribution in [3.8, 4) is 5.75 Å². The summed E-state index contributed by atoms with van der Waals surface area (Å²) in [6, 6.07) is 9.47. The first-order valence-electron chi connectivity index (χ1n) is 10.7. The van der Waals surface area contributed by atoms with E-state index in [4.69, 9.17) is 4.74 Å². The molecule has 2 saturated heterocycles. The Hall–Kier alpha value is -4.67. The molecule has 0 aromatic heterocycles. The molecule has 0 spiro atoms. The minimum atomic E-state index is -1.06. The number of fused-ring (bicyclic) bond motifs is 3. The lowest BCUT2D eigenvalue weighted by Crippen LogP contribution is -2.46. The van der Waals surface area contributed by atoms with Crippen molar-refractivity contribution in [2.75, 3.05) is 4.90 Å². The Kier molecular flexibility index (Phi) is 5.24. The number of ether oxygens (including phenoxy) is 1. The van der Waals surface area contributed by atoms with Gasteiger partial charge >= 0.3 is 5.97 Å². The van der Waals surface area contributed by atoms with Crippen LogP contribution >= 0.6 is 0 Å². The van der Waals surface area contributed by atoms with Gasteiger partial charge in [-0.15, -0.1) is 0 Å². The second kappa shape index (κ2) is 8.28. The Morgan fingerprint density at radius 3 is 2.46 bits per heavy atom.